The number of aromatic nitrogens is 3. The Morgan fingerprint density at radius 1 is 1.00 bits per heavy atom. The summed E-state index contributed by atoms with van der Waals surface area (Å²) in [4.78, 5) is 22.0. The van der Waals surface area contributed by atoms with Crippen molar-refractivity contribution in [2.24, 2.45) is 0 Å². The molecule has 1 amide bonds. The Morgan fingerprint density at radius 2 is 1.66 bits per heavy atom. The molecule has 0 fully saturated rings. The zero-order chi connectivity index (χ0) is 22.9. The molecule has 0 aliphatic carbocycles. The first-order valence-corrected chi connectivity index (χ1v) is 12.3. The topological polar surface area (TPSA) is 94.0 Å². The van der Waals surface area contributed by atoms with Crippen molar-refractivity contribution in [2.45, 2.75) is 56.4 Å². The summed E-state index contributed by atoms with van der Waals surface area (Å²) in [6, 6.07) is 14.0. The first kappa shape index (κ1) is 22.0. The van der Waals surface area contributed by atoms with Gasteiger partial charge in [-0.3, -0.25) is 4.79 Å². The van der Waals surface area contributed by atoms with E-state index in [0.29, 0.717) is 23.2 Å². The Kier molecular flexibility index (Phi) is 5.97. The van der Waals surface area contributed by atoms with E-state index in [-0.39, 0.29) is 33.5 Å². The molecule has 4 rings (SSSR count). The lowest BCUT2D eigenvalue weighted by Crippen LogP contribution is -2.16. The van der Waals surface area contributed by atoms with Gasteiger partial charge in [0.15, 0.2) is 5.65 Å². The Labute approximate surface area is 187 Å². The second-order valence-corrected chi connectivity index (χ2v) is 9.67. The van der Waals surface area contributed by atoms with Gasteiger partial charge in [0.2, 0.25) is 15.7 Å². The van der Waals surface area contributed by atoms with Crippen LogP contribution in [0.4, 0.5) is 5.82 Å². The van der Waals surface area contributed by atoms with Gasteiger partial charge in [-0.1, -0.05) is 50.1 Å². The Hall–Kier alpha value is -3.26. The number of benzene rings is 2. The first-order chi connectivity index (χ1) is 15.4. The number of amides is 1. The van der Waals surface area contributed by atoms with Crippen LogP contribution in [-0.2, 0) is 21.2 Å². The predicted molar refractivity (Wildman–Crippen MR) is 125 cm³/mol. The molecule has 166 valence electrons. The highest BCUT2D eigenvalue weighted by atomic mass is 32.2. The summed E-state index contributed by atoms with van der Waals surface area (Å²) in [5.74, 6) is -0.0355. The summed E-state index contributed by atoms with van der Waals surface area (Å²) in [5.41, 5.74) is 2.95. The van der Waals surface area contributed by atoms with Crippen LogP contribution in [0.25, 0.3) is 22.2 Å². The van der Waals surface area contributed by atoms with Crippen LogP contribution in [0.2, 0.25) is 0 Å². The van der Waals surface area contributed by atoms with Crippen LogP contribution in [0.15, 0.2) is 58.3 Å². The van der Waals surface area contributed by atoms with Crippen LogP contribution in [0, 0.1) is 6.92 Å². The van der Waals surface area contributed by atoms with Crippen molar-refractivity contribution in [2.75, 3.05) is 5.32 Å². The minimum atomic E-state index is -3.98. The number of hydrogen-bond acceptors (Lipinski definition) is 5. The van der Waals surface area contributed by atoms with Gasteiger partial charge in [0.1, 0.15) is 16.2 Å². The normalized spacial score (nSPS) is 11.8. The van der Waals surface area contributed by atoms with Crippen molar-refractivity contribution in [1.82, 2.24) is 14.5 Å². The van der Waals surface area contributed by atoms with E-state index in [0.717, 1.165) is 18.4 Å². The SMILES string of the molecule is CCCCn1c(NC(=O)CC)c(S(=O)(=O)c2ccc(C)cc2)c2nc3ccccc3nc21. The van der Waals surface area contributed by atoms with Crippen molar-refractivity contribution < 1.29 is 13.2 Å². The summed E-state index contributed by atoms with van der Waals surface area (Å²) in [7, 11) is -3.98. The third-order valence-electron chi connectivity index (χ3n) is 5.42. The van der Waals surface area contributed by atoms with E-state index < -0.39 is 9.84 Å². The molecular formula is C24H26N4O3S. The van der Waals surface area contributed by atoms with Crippen molar-refractivity contribution in [3.63, 3.8) is 0 Å². The van der Waals surface area contributed by atoms with Crippen molar-refractivity contribution >= 4 is 43.8 Å². The van der Waals surface area contributed by atoms with Gasteiger partial charge in [-0.25, -0.2) is 18.4 Å². The second-order valence-electron chi connectivity index (χ2n) is 7.79. The summed E-state index contributed by atoms with van der Waals surface area (Å²) in [5, 5.41) is 2.83. The van der Waals surface area contributed by atoms with Crippen molar-refractivity contribution in [3.8, 4) is 0 Å². The highest BCUT2D eigenvalue weighted by Crippen LogP contribution is 2.37. The molecule has 0 saturated carbocycles. The Bertz CT molecular complexity index is 1410. The number of para-hydroxylation sites is 2. The maximum absolute atomic E-state index is 13.8. The van der Waals surface area contributed by atoms with E-state index in [2.05, 4.69) is 12.2 Å². The van der Waals surface area contributed by atoms with Crippen LogP contribution in [0.3, 0.4) is 0 Å². The number of rotatable bonds is 7. The molecule has 0 aliphatic rings. The largest absolute Gasteiger partial charge is 0.311 e. The number of nitrogens with zero attached hydrogens (tertiary/aromatic N) is 3. The van der Waals surface area contributed by atoms with Gasteiger partial charge in [0.05, 0.1) is 15.9 Å². The monoisotopic (exact) mass is 450 g/mol. The lowest BCUT2D eigenvalue weighted by Gasteiger charge is -2.12. The number of unbranched alkanes of at least 4 members (excludes halogenated alkanes) is 1. The molecule has 2 heterocycles. The fraction of sp³-hybridized carbons (Fsp3) is 0.292. The zero-order valence-electron chi connectivity index (χ0n) is 18.4. The summed E-state index contributed by atoms with van der Waals surface area (Å²) in [6.45, 7) is 6.20. The molecule has 0 atom stereocenters. The predicted octanol–water partition coefficient (Wildman–Crippen LogP) is 4.87. The molecule has 0 unspecified atom stereocenters. The fourth-order valence-corrected chi connectivity index (χ4v) is 5.18. The maximum atomic E-state index is 13.8. The van der Waals surface area contributed by atoms with Gasteiger partial charge in [-0.05, 0) is 37.6 Å². The lowest BCUT2D eigenvalue weighted by atomic mass is 10.2. The molecular weight excluding hydrogens is 424 g/mol. The summed E-state index contributed by atoms with van der Waals surface area (Å²) >= 11 is 0. The fourth-order valence-electron chi connectivity index (χ4n) is 3.64. The molecule has 0 aliphatic heterocycles. The molecule has 8 heteroatoms. The molecule has 2 aromatic heterocycles. The van der Waals surface area contributed by atoms with E-state index in [4.69, 9.17) is 9.97 Å². The number of nitrogens with one attached hydrogen (secondary N) is 1. The number of sulfone groups is 1. The minimum Gasteiger partial charge on any atom is -0.311 e. The second kappa shape index (κ2) is 8.70. The van der Waals surface area contributed by atoms with Gasteiger partial charge in [-0.2, -0.15) is 0 Å². The molecule has 0 spiro atoms. The van der Waals surface area contributed by atoms with Crippen molar-refractivity contribution in [3.05, 3.63) is 54.1 Å². The third kappa shape index (κ3) is 3.86. The molecule has 32 heavy (non-hydrogen) atoms. The smallest absolute Gasteiger partial charge is 0.225 e. The third-order valence-corrected chi connectivity index (χ3v) is 7.24. The van der Waals surface area contributed by atoms with E-state index in [1.807, 2.05) is 25.1 Å². The van der Waals surface area contributed by atoms with Crippen LogP contribution in [0.1, 0.15) is 38.7 Å². The quantitative estimate of drug-likeness (QED) is 0.433. The van der Waals surface area contributed by atoms with E-state index in [9.17, 15) is 13.2 Å². The van der Waals surface area contributed by atoms with Gasteiger partial charge in [-0.15, -0.1) is 0 Å². The maximum Gasteiger partial charge on any atom is 0.225 e. The van der Waals surface area contributed by atoms with E-state index >= 15 is 0 Å². The summed E-state index contributed by atoms with van der Waals surface area (Å²) < 4.78 is 29.5. The van der Waals surface area contributed by atoms with Gasteiger partial charge in [0, 0.05) is 13.0 Å². The highest BCUT2D eigenvalue weighted by Gasteiger charge is 2.32. The average molecular weight is 451 g/mol. The zero-order valence-corrected chi connectivity index (χ0v) is 19.2. The van der Waals surface area contributed by atoms with E-state index in [1.165, 1.54) is 0 Å². The highest BCUT2D eigenvalue weighted by molar-refractivity contribution is 7.92. The number of carbonyl (C=O) groups is 1. The van der Waals surface area contributed by atoms with Gasteiger partial charge in [0.25, 0.3) is 0 Å². The average Bonchev–Trinajstić information content (AvgIpc) is 3.08. The van der Waals surface area contributed by atoms with Gasteiger partial charge >= 0.3 is 0 Å². The Morgan fingerprint density at radius 3 is 2.28 bits per heavy atom. The van der Waals surface area contributed by atoms with Crippen LogP contribution in [-0.4, -0.2) is 28.9 Å². The molecule has 0 radical (unpaired) electrons. The van der Waals surface area contributed by atoms with Crippen LogP contribution >= 0.6 is 0 Å². The molecule has 7 nitrogen and oxygen atoms in total. The molecule has 1 N–H and O–H groups in total. The molecule has 0 saturated heterocycles. The first-order valence-electron chi connectivity index (χ1n) is 10.8. The number of carbonyl (C=O) groups excluding carboxylic acids is 1. The molecule has 0 bridgehead atoms. The molecule has 2 aromatic carbocycles. The molecule has 4 aromatic rings. The van der Waals surface area contributed by atoms with E-state index in [1.54, 1.807) is 41.8 Å². The Balaban J connectivity index is 2.10. The standard InChI is InChI=1S/C24H26N4O3S/c1-4-6-15-28-23-21(25-18-9-7-8-10-19(18)26-23)22(24(28)27-20(29)5-2)32(30,31)17-13-11-16(3)12-14-17/h7-14H,4-6,15H2,1-3H3,(H,27,29). The van der Waals surface area contributed by atoms with Crippen LogP contribution < -0.4 is 5.32 Å². The lowest BCUT2D eigenvalue weighted by molar-refractivity contribution is -0.115. The number of aryl methyl sites for hydroxylation is 2. The van der Waals surface area contributed by atoms with Crippen molar-refractivity contribution in [1.29, 1.82) is 0 Å². The van der Waals surface area contributed by atoms with Gasteiger partial charge < -0.3 is 9.88 Å². The number of anilines is 1. The summed E-state index contributed by atoms with van der Waals surface area (Å²) in [6.07, 6.45) is 1.93. The van der Waals surface area contributed by atoms with Crippen LogP contribution in [0.5, 0.6) is 0 Å². The number of fused-ring (bicyclic) bond motifs is 2. The minimum absolute atomic E-state index is 0.00694. The number of hydrogen-bond donors (Lipinski definition) is 1.